The molecule has 5 heteroatoms. The second kappa shape index (κ2) is 5.98. The summed E-state index contributed by atoms with van der Waals surface area (Å²) in [4.78, 5) is 15.4. The molecule has 0 aromatic heterocycles. The van der Waals surface area contributed by atoms with Crippen LogP contribution in [0, 0.1) is 5.41 Å². The Labute approximate surface area is 127 Å². The molecule has 1 heterocycles. The van der Waals surface area contributed by atoms with Gasteiger partial charge >= 0.3 is 0 Å². The van der Waals surface area contributed by atoms with E-state index in [2.05, 4.69) is 0 Å². The smallest absolute Gasteiger partial charge is 0.235 e. The normalized spacial score (nSPS) is 25.8. The Bertz CT molecular complexity index is 387. The molecule has 2 aliphatic rings. The van der Waals surface area contributed by atoms with E-state index in [-0.39, 0.29) is 11.5 Å². The van der Waals surface area contributed by atoms with Crippen molar-refractivity contribution in [1.82, 2.24) is 4.90 Å². The number of hydrogen-bond acceptors (Lipinski definition) is 3. The van der Waals surface area contributed by atoms with Crippen LogP contribution in [0.5, 0.6) is 0 Å². The molecule has 0 spiro atoms. The minimum Gasteiger partial charge on any atom is -0.392 e. The van der Waals surface area contributed by atoms with Gasteiger partial charge in [-0.2, -0.15) is 0 Å². The Kier molecular flexibility index (Phi) is 4.69. The SMILES string of the molecule is CC1(C)CN(C(=O)C2(C(N)=S)CCCCCC2)CCO1. The van der Waals surface area contributed by atoms with E-state index in [1.54, 1.807) is 0 Å². The summed E-state index contributed by atoms with van der Waals surface area (Å²) in [5.74, 6) is 0.128. The van der Waals surface area contributed by atoms with Gasteiger partial charge in [0.05, 0.1) is 22.6 Å². The Morgan fingerprint density at radius 2 is 1.80 bits per heavy atom. The zero-order chi connectivity index (χ0) is 14.8. The molecule has 4 nitrogen and oxygen atoms in total. The number of hydrogen-bond donors (Lipinski definition) is 1. The summed E-state index contributed by atoms with van der Waals surface area (Å²) < 4.78 is 5.69. The van der Waals surface area contributed by atoms with E-state index in [1.807, 2.05) is 18.7 Å². The van der Waals surface area contributed by atoms with Crippen LogP contribution in [0.4, 0.5) is 0 Å². The highest BCUT2D eigenvalue weighted by atomic mass is 32.1. The van der Waals surface area contributed by atoms with Gasteiger partial charge in [0.15, 0.2) is 0 Å². The summed E-state index contributed by atoms with van der Waals surface area (Å²) in [6, 6.07) is 0. The lowest BCUT2D eigenvalue weighted by molar-refractivity contribution is -0.153. The Balaban J connectivity index is 2.20. The molecule has 0 atom stereocenters. The number of nitrogens with zero attached hydrogens (tertiary/aromatic N) is 1. The first-order valence-electron chi connectivity index (χ1n) is 7.61. The maximum absolute atomic E-state index is 13.1. The molecule has 1 saturated heterocycles. The van der Waals surface area contributed by atoms with Gasteiger partial charge < -0.3 is 15.4 Å². The van der Waals surface area contributed by atoms with E-state index in [4.69, 9.17) is 22.7 Å². The molecule has 1 amide bonds. The highest BCUT2D eigenvalue weighted by Crippen LogP contribution is 2.38. The first-order chi connectivity index (χ1) is 9.37. The van der Waals surface area contributed by atoms with Crippen LogP contribution in [-0.2, 0) is 9.53 Å². The quantitative estimate of drug-likeness (QED) is 0.627. The Hall–Kier alpha value is -0.680. The molecule has 2 N–H and O–H groups in total. The van der Waals surface area contributed by atoms with Gasteiger partial charge in [0.25, 0.3) is 0 Å². The van der Waals surface area contributed by atoms with Crippen molar-refractivity contribution in [2.75, 3.05) is 19.7 Å². The Morgan fingerprint density at radius 3 is 2.30 bits per heavy atom. The molecular weight excluding hydrogens is 272 g/mol. The monoisotopic (exact) mass is 298 g/mol. The number of carbonyl (C=O) groups excluding carboxylic acids is 1. The molecule has 0 unspecified atom stereocenters. The van der Waals surface area contributed by atoms with E-state index in [9.17, 15) is 4.79 Å². The lowest BCUT2D eigenvalue weighted by atomic mass is 9.78. The molecule has 0 aromatic rings. The predicted octanol–water partition coefficient (Wildman–Crippen LogP) is 2.25. The average Bonchev–Trinajstić information content (AvgIpc) is 2.63. The fourth-order valence-electron chi connectivity index (χ4n) is 3.39. The first kappa shape index (κ1) is 15.7. The number of ether oxygens (including phenoxy) is 1. The summed E-state index contributed by atoms with van der Waals surface area (Å²) in [6.45, 7) is 5.90. The zero-order valence-electron chi connectivity index (χ0n) is 12.6. The topological polar surface area (TPSA) is 55.6 Å². The second-order valence-electron chi connectivity index (χ2n) is 6.70. The fourth-order valence-corrected chi connectivity index (χ4v) is 3.68. The third-order valence-corrected chi connectivity index (χ3v) is 4.94. The summed E-state index contributed by atoms with van der Waals surface area (Å²) in [5, 5.41) is 0. The summed E-state index contributed by atoms with van der Waals surface area (Å²) in [6.07, 6.45) is 6.03. The fraction of sp³-hybridized carbons (Fsp3) is 0.867. The number of thiocarbonyl (C=S) groups is 1. The molecule has 0 aromatic carbocycles. The van der Waals surface area contributed by atoms with Crippen molar-refractivity contribution in [3.8, 4) is 0 Å². The first-order valence-corrected chi connectivity index (χ1v) is 8.01. The van der Waals surface area contributed by atoms with Gasteiger partial charge in [0.1, 0.15) is 0 Å². The zero-order valence-corrected chi connectivity index (χ0v) is 13.4. The van der Waals surface area contributed by atoms with Crippen LogP contribution in [0.3, 0.4) is 0 Å². The predicted molar refractivity (Wildman–Crippen MR) is 83.5 cm³/mol. The standard InChI is InChI=1S/C15H26N2O2S/c1-14(2)11-17(9-10-19-14)13(18)15(12(16)20)7-5-3-4-6-8-15/h3-11H2,1-2H3,(H2,16,20). The second-order valence-corrected chi connectivity index (χ2v) is 7.14. The number of nitrogens with two attached hydrogens (primary N) is 1. The maximum atomic E-state index is 13.1. The van der Waals surface area contributed by atoms with Gasteiger partial charge in [-0.3, -0.25) is 4.79 Å². The van der Waals surface area contributed by atoms with Crippen molar-refractivity contribution < 1.29 is 9.53 Å². The van der Waals surface area contributed by atoms with Crippen LogP contribution in [0.25, 0.3) is 0 Å². The molecule has 0 bridgehead atoms. The number of rotatable bonds is 2. The minimum atomic E-state index is -0.612. The number of carbonyl (C=O) groups is 1. The molecule has 114 valence electrons. The van der Waals surface area contributed by atoms with Gasteiger partial charge in [-0.05, 0) is 26.7 Å². The van der Waals surface area contributed by atoms with E-state index in [0.717, 1.165) is 25.7 Å². The van der Waals surface area contributed by atoms with Crippen molar-refractivity contribution in [2.45, 2.75) is 58.0 Å². The lowest BCUT2D eigenvalue weighted by Gasteiger charge is -2.43. The van der Waals surface area contributed by atoms with Crippen molar-refractivity contribution in [2.24, 2.45) is 11.1 Å². The summed E-state index contributed by atoms with van der Waals surface area (Å²) in [7, 11) is 0. The highest BCUT2D eigenvalue weighted by molar-refractivity contribution is 7.80. The van der Waals surface area contributed by atoms with Gasteiger partial charge in [0.2, 0.25) is 5.91 Å². The van der Waals surface area contributed by atoms with Gasteiger partial charge in [-0.1, -0.05) is 37.9 Å². The average molecular weight is 298 g/mol. The maximum Gasteiger partial charge on any atom is 0.235 e. The largest absolute Gasteiger partial charge is 0.392 e. The van der Waals surface area contributed by atoms with E-state index >= 15 is 0 Å². The third kappa shape index (κ3) is 3.14. The molecule has 1 aliphatic heterocycles. The molecule has 2 fully saturated rings. The van der Waals surface area contributed by atoms with Gasteiger partial charge in [-0.25, -0.2) is 0 Å². The molecule has 1 saturated carbocycles. The van der Waals surface area contributed by atoms with Crippen LogP contribution in [0.2, 0.25) is 0 Å². The van der Waals surface area contributed by atoms with Crippen LogP contribution in [-0.4, -0.2) is 41.1 Å². The summed E-state index contributed by atoms with van der Waals surface area (Å²) in [5.41, 5.74) is 5.11. The molecular formula is C15H26N2O2S. The highest BCUT2D eigenvalue weighted by Gasteiger charge is 2.45. The van der Waals surface area contributed by atoms with Crippen LogP contribution >= 0.6 is 12.2 Å². The molecule has 0 radical (unpaired) electrons. The van der Waals surface area contributed by atoms with Crippen molar-refractivity contribution >= 4 is 23.1 Å². The molecule has 2 rings (SSSR count). The van der Waals surface area contributed by atoms with Crippen LogP contribution in [0.1, 0.15) is 52.4 Å². The Morgan fingerprint density at radius 1 is 1.20 bits per heavy atom. The van der Waals surface area contributed by atoms with Crippen LogP contribution in [0.15, 0.2) is 0 Å². The number of morpholine rings is 1. The van der Waals surface area contributed by atoms with Gasteiger partial charge in [-0.15, -0.1) is 0 Å². The van der Waals surface area contributed by atoms with E-state index in [0.29, 0.717) is 24.7 Å². The number of amides is 1. The van der Waals surface area contributed by atoms with E-state index in [1.165, 1.54) is 12.8 Å². The van der Waals surface area contributed by atoms with Gasteiger partial charge in [0, 0.05) is 13.1 Å². The van der Waals surface area contributed by atoms with Crippen molar-refractivity contribution in [3.05, 3.63) is 0 Å². The molecule has 20 heavy (non-hydrogen) atoms. The van der Waals surface area contributed by atoms with Crippen LogP contribution < -0.4 is 5.73 Å². The third-order valence-electron chi connectivity index (χ3n) is 4.55. The minimum absolute atomic E-state index is 0.128. The van der Waals surface area contributed by atoms with Crippen molar-refractivity contribution in [1.29, 1.82) is 0 Å². The molecule has 1 aliphatic carbocycles. The lowest BCUT2D eigenvalue weighted by Crippen LogP contribution is -2.57. The summed E-state index contributed by atoms with van der Waals surface area (Å²) >= 11 is 5.29. The van der Waals surface area contributed by atoms with E-state index < -0.39 is 5.41 Å². The van der Waals surface area contributed by atoms with Crippen molar-refractivity contribution in [3.63, 3.8) is 0 Å².